The second kappa shape index (κ2) is 21.6. The Morgan fingerprint density at radius 1 is 0.553 bits per heavy atom. The molecular formula is C56H66F6N8O6. The summed E-state index contributed by atoms with van der Waals surface area (Å²) < 4.78 is 99.2. The lowest BCUT2D eigenvalue weighted by Crippen LogP contribution is -2.30. The third kappa shape index (κ3) is 14.7. The smallest absolute Gasteiger partial charge is 0.484 e. The number of halogens is 6. The number of amides is 2. The highest BCUT2D eigenvalue weighted by molar-refractivity contribution is 5.83. The molecule has 14 nitrogen and oxygen atoms in total. The summed E-state index contributed by atoms with van der Waals surface area (Å²) in [6.07, 6.45) is 0.755. The number of carbonyl (C=O) groups excluding carboxylic acids is 2. The minimum atomic E-state index is -4.74. The number of imidazole rings is 2. The fraction of sp³-hybridized carbons (Fsp3) is 0.500. The van der Waals surface area contributed by atoms with Gasteiger partial charge in [-0.15, -0.1) is 26.3 Å². The summed E-state index contributed by atoms with van der Waals surface area (Å²) in [5.41, 5.74) is 4.76. The number of fused-ring (bicyclic) bond motifs is 2. The van der Waals surface area contributed by atoms with E-state index in [9.17, 15) is 35.9 Å². The number of carbonyl (C=O) groups is 2. The van der Waals surface area contributed by atoms with Crippen LogP contribution in [0.2, 0.25) is 0 Å². The lowest BCUT2D eigenvalue weighted by molar-refractivity contribution is -0.275. The highest BCUT2D eigenvalue weighted by Gasteiger charge is 2.37. The van der Waals surface area contributed by atoms with Crippen LogP contribution in [0.25, 0.3) is 22.1 Å². The average Bonchev–Trinajstić information content (AvgIpc) is 4.25. The minimum absolute atomic E-state index is 0.0610. The molecular weight excluding hydrogens is 995 g/mol. The van der Waals surface area contributed by atoms with Gasteiger partial charge in [0.05, 0.1) is 22.1 Å². The molecule has 20 heteroatoms. The van der Waals surface area contributed by atoms with Crippen molar-refractivity contribution in [3.05, 3.63) is 84.9 Å². The van der Waals surface area contributed by atoms with Crippen LogP contribution in [0.4, 0.5) is 49.6 Å². The quantitative estimate of drug-likeness (QED) is 0.0689. The number of nitrogens with one attached hydrogen (secondary N) is 4. The summed E-state index contributed by atoms with van der Waals surface area (Å²) in [5.74, 6) is 2.50. The molecule has 0 unspecified atom stereocenters. The molecule has 4 aliphatic carbocycles. The number of nitrogens with zero attached hydrogens (tertiary/aromatic N) is 4. The van der Waals surface area contributed by atoms with Crippen LogP contribution < -0.4 is 40.2 Å². The molecule has 408 valence electrons. The molecule has 0 aliphatic heterocycles. The Bertz CT molecular complexity index is 2800. The van der Waals surface area contributed by atoms with Crippen molar-refractivity contribution < 1.29 is 54.9 Å². The molecule has 0 bridgehead atoms. The van der Waals surface area contributed by atoms with Crippen LogP contribution in [0, 0.1) is 22.7 Å². The van der Waals surface area contributed by atoms with Crippen molar-refractivity contribution in [3.8, 4) is 23.0 Å². The van der Waals surface area contributed by atoms with Gasteiger partial charge in [0.15, 0.2) is 13.2 Å². The van der Waals surface area contributed by atoms with E-state index in [4.69, 9.17) is 19.4 Å². The lowest BCUT2D eigenvalue weighted by atomic mass is 9.70. The molecule has 4 aromatic carbocycles. The maximum absolute atomic E-state index is 12.6. The van der Waals surface area contributed by atoms with Gasteiger partial charge in [-0.3, -0.25) is 9.59 Å². The van der Waals surface area contributed by atoms with E-state index >= 15 is 0 Å². The molecule has 4 N–H and O–H groups in total. The molecule has 0 saturated heterocycles. The predicted molar refractivity (Wildman–Crippen MR) is 277 cm³/mol. The van der Waals surface area contributed by atoms with Crippen molar-refractivity contribution >= 4 is 57.2 Å². The second-order valence-electron chi connectivity index (χ2n) is 22.7. The summed E-state index contributed by atoms with van der Waals surface area (Å²) in [7, 11) is 0. The Kier molecular flexibility index (Phi) is 15.4. The van der Waals surface area contributed by atoms with E-state index in [1.807, 2.05) is 36.4 Å². The molecule has 76 heavy (non-hydrogen) atoms. The van der Waals surface area contributed by atoms with Crippen molar-refractivity contribution in [2.45, 2.75) is 143 Å². The van der Waals surface area contributed by atoms with Crippen LogP contribution >= 0.6 is 0 Å². The van der Waals surface area contributed by atoms with Crippen LogP contribution in [-0.2, 0) is 9.59 Å². The van der Waals surface area contributed by atoms with Gasteiger partial charge in [0.1, 0.15) is 23.0 Å². The van der Waals surface area contributed by atoms with Crippen LogP contribution in [0.3, 0.4) is 0 Å². The zero-order valence-electron chi connectivity index (χ0n) is 43.5. The van der Waals surface area contributed by atoms with Gasteiger partial charge in [-0.2, -0.15) is 0 Å². The van der Waals surface area contributed by atoms with E-state index in [1.54, 1.807) is 0 Å². The van der Waals surface area contributed by atoms with E-state index in [0.29, 0.717) is 57.6 Å². The fourth-order valence-electron chi connectivity index (χ4n) is 11.3. The van der Waals surface area contributed by atoms with Crippen molar-refractivity contribution in [2.75, 3.05) is 23.8 Å². The van der Waals surface area contributed by atoms with Crippen LogP contribution in [-0.4, -0.2) is 68.9 Å². The molecule has 10 rings (SSSR count). The van der Waals surface area contributed by atoms with E-state index < -0.39 is 12.7 Å². The topological polar surface area (TPSA) is 155 Å². The first-order valence-corrected chi connectivity index (χ1v) is 26.0. The molecule has 4 aliphatic rings. The van der Waals surface area contributed by atoms with E-state index in [0.717, 1.165) is 75.2 Å². The van der Waals surface area contributed by atoms with Gasteiger partial charge >= 0.3 is 12.7 Å². The van der Waals surface area contributed by atoms with Gasteiger partial charge < -0.3 is 49.3 Å². The molecule has 4 saturated carbocycles. The van der Waals surface area contributed by atoms with Crippen LogP contribution in [0.15, 0.2) is 84.9 Å². The molecule has 0 spiro atoms. The number of rotatable bonds is 16. The number of aromatic nitrogens is 4. The Labute approximate surface area is 437 Å². The average molecular weight is 1060 g/mol. The van der Waals surface area contributed by atoms with Crippen LogP contribution in [0.1, 0.15) is 118 Å². The molecule has 2 aromatic heterocycles. The monoisotopic (exact) mass is 1060 g/mol. The van der Waals surface area contributed by atoms with Crippen LogP contribution in [0.5, 0.6) is 23.0 Å². The third-order valence-corrected chi connectivity index (χ3v) is 14.1. The van der Waals surface area contributed by atoms with Crippen molar-refractivity contribution in [2.24, 2.45) is 22.7 Å². The number of anilines is 4. The molecule has 6 aromatic rings. The normalized spacial score (nSPS) is 21.2. The Hall–Kier alpha value is -6.86. The first-order chi connectivity index (χ1) is 35.9. The Morgan fingerprint density at radius 2 is 0.908 bits per heavy atom. The van der Waals surface area contributed by atoms with Crippen molar-refractivity contribution in [3.63, 3.8) is 0 Å². The predicted octanol–water partition coefficient (Wildman–Crippen LogP) is 13.4. The van der Waals surface area contributed by atoms with E-state index in [-0.39, 0.29) is 71.5 Å². The number of alkyl halides is 6. The SMILES string of the molecule is C[C@@H]1C[C@H](n2c(Nc3ccc(OC(F)(F)F)cc3)nc3cc(OCC(=O)NC4CC4)ccc32)CC(C)(C)C1.C[C@H]1C[C@@H](n2c(Nc3ccc(OC(F)(F)F)cc3)nc3cc(OCC(=O)NC4CC4)ccc32)CC(C)(C)C1. The fourth-order valence-corrected chi connectivity index (χ4v) is 11.3. The second-order valence-corrected chi connectivity index (χ2v) is 22.7. The zero-order chi connectivity index (χ0) is 54.2. The Balaban J connectivity index is 0.000000186. The highest BCUT2D eigenvalue weighted by Crippen LogP contribution is 2.48. The molecule has 4 fully saturated rings. The minimum Gasteiger partial charge on any atom is -0.484 e. The number of benzene rings is 4. The maximum Gasteiger partial charge on any atom is 0.573 e. The first kappa shape index (κ1) is 53.9. The standard InChI is InChI=1S/2C28H33F3N4O3/c2*1-17-12-20(15-27(2,3)14-17)35-24-11-10-22(37-16-25(36)32-18-4-5-18)13-23(24)34-26(35)33-19-6-8-21(9-7-19)38-28(29,30)31/h2*6-11,13,17-18,20H,4-5,12,14-16H2,1-3H3,(H,32,36)(H,33,34)/t2*17-,20+/m10/s1. The maximum atomic E-state index is 12.6. The molecule has 0 radical (unpaired) electrons. The summed E-state index contributed by atoms with van der Waals surface area (Å²) in [6.45, 7) is 13.5. The summed E-state index contributed by atoms with van der Waals surface area (Å²) in [6, 6.07) is 23.4. The lowest BCUT2D eigenvalue weighted by Gasteiger charge is -2.40. The van der Waals surface area contributed by atoms with Gasteiger partial charge in [-0.05, 0) is 160 Å². The third-order valence-electron chi connectivity index (χ3n) is 14.1. The summed E-state index contributed by atoms with van der Waals surface area (Å²) in [4.78, 5) is 33.8. The van der Waals surface area contributed by atoms with E-state index in [1.165, 1.54) is 48.5 Å². The van der Waals surface area contributed by atoms with Gasteiger partial charge in [0.25, 0.3) is 11.8 Å². The van der Waals surface area contributed by atoms with Crippen molar-refractivity contribution in [1.29, 1.82) is 0 Å². The van der Waals surface area contributed by atoms with E-state index in [2.05, 4.69) is 81.4 Å². The zero-order valence-corrected chi connectivity index (χ0v) is 43.5. The number of ether oxygens (including phenoxy) is 4. The number of hydrogen-bond donors (Lipinski definition) is 4. The first-order valence-electron chi connectivity index (χ1n) is 26.0. The highest BCUT2D eigenvalue weighted by atomic mass is 19.4. The summed E-state index contributed by atoms with van der Waals surface area (Å²) >= 11 is 0. The molecule has 4 atom stereocenters. The molecule has 2 heterocycles. The van der Waals surface area contributed by atoms with Gasteiger partial charge in [0, 0.05) is 47.7 Å². The van der Waals surface area contributed by atoms with Gasteiger partial charge in [-0.25, -0.2) is 9.97 Å². The summed E-state index contributed by atoms with van der Waals surface area (Å²) in [5, 5.41) is 12.4. The largest absolute Gasteiger partial charge is 0.573 e. The number of hydrogen-bond acceptors (Lipinski definition) is 10. The van der Waals surface area contributed by atoms with Gasteiger partial charge in [0.2, 0.25) is 11.9 Å². The Morgan fingerprint density at radius 3 is 1.24 bits per heavy atom. The molecule has 2 amide bonds. The van der Waals surface area contributed by atoms with Gasteiger partial charge in [-0.1, -0.05) is 41.5 Å². The van der Waals surface area contributed by atoms with Crippen molar-refractivity contribution in [1.82, 2.24) is 29.7 Å².